The van der Waals surface area contributed by atoms with Gasteiger partial charge in [0.2, 0.25) is 0 Å². The molecule has 3 aromatic heterocycles. The second kappa shape index (κ2) is 6.95. The highest BCUT2D eigenvalue weighted by atomic mass is 16.6. The summed E-state index contributed by atoms with van der Waals surface area (Å²) in [5.74, 6) is 0.808. The molecule has 0 aliphatic carbocycles. The average molecular weight is 397 g/mol. The van der Waals surface area contributed by atoms with Crippen LogP contribution in [0, 0.1) is 6.92 Å². The Bertz CT molecular complexity index is 1060. The van der Waals surface area contributed by atoms with Crippen molar-refractivity contribution >= 4 is 28.2 Å². The van der Waals surface area contributed by atoms with Crippen molar-refractivity contribution in [2.24, 2.45) is 0 Å². The molecule has 4 heterocycles. The number of piperidine rings is 1. The molecule has 1 N–H and O–H groups in total. The number of imidazole rings is 1. The van der Waals surface area contributed by atoms with Gasteiger partial charge in [0, 0.05) is 19.3 Å². The van der Waals surface area contributed by atoms with Crippen LogP contribution in [-0.2, 0) is 11.3 Å². The number of pyridine rings is 2. The van der Waals surface area contributed by atoms with Crippen molar-refractivity contribution in [2.45, 2.75) is 58.3 Å². The van der Waals surface area contributed by atoms with Gasteiger partial charge in [0.15, 0.2) is 0 Å². The number of amides is 1. The number of nitrogens with zero attached hydrogens (tertiary/aromatic N) is 5. The molecule has 8 heteroatoms. The molecule has 1 fully saturated rings. The lowest BCUT2D eigenvalue weighted by Gasteiger charge is -2.39. The van der Waals surface area contributed by atoms with E-state index in [0.29, 0.717) is 32.5 Å². The number of carbonyl (C=O) groups excluding carboxylic acids is 1. The molecule has 8 nitrogen and oxygen atoms in total. The van der Waals surface area contributed by atoms with Gasteiger partial charge in [-0.25, -0.2) is 9.78 Å². The van der Waals surface area contributed by atoms with Crippen LogP contribution in [0.1, 0.15) is 39.4 Å². The van der Waals surface area contributed by atoms with Gasteiger partial charge in [0.1, 0.15) is 22.5 Å². The highest BCUT2D eigenvalue weighted by Crippen LogP contribution is 2.29. The second-order valence-corrected chi connectivity index (χ2v) is 8.80. The molecule has 1 aliphatic rings. The van der Waals surface area contributed by atoms with Crippen LogP contribution < -0.4 is 0 Å². The zero-order chi connectivity index (χ0) is 20.8. The zero-order valence-electron chi connectivity index (χ0n) is 17.3. The van der Waals surface area contributed by atoms with Crippen LogP contribution in [0.2, 0.25) is 0 Å². The first kappa shape index (κ1) is 19.6. The Balaban J connectivity index is 1.57. The smallest absolute Gasteiger partial charge is 0.410 e. The maximum absolute atomic E-state index is 12.3. The van der Waals surface area contributed by atoms with E-state index >= 15 is 0 Å². The van der Waals surface area contributed by atoms with Crippen molar-refractivity contribution in [1.29, 1.82) is 0 Å². The van der Waals surface area contributed by atoms with Crippen LogP contribution in [0.3, 0.4) is 0 Å². The maximum atomic E-state index is 12.3. The molecular weight excluding hydrogens is 370 g/mol. The third-order valence-electron chi connectivity index (χ3n) is 5.32. The molecule has 0 atom stereocenters. The predicted molar refractivity (Wildman–Crippen MR) is 110 cm³/mol. The highest BCUT2D eigenvalue weighted by Gasteiger charge is 2.36. The molecule has 3 aromatic rings. The summed E-state index contributed by atoms with van der Waals surface area (Å²) in [7, 11) is 0. The number of likely N-dealkylation sites (tertiary alicyclic amines) is 1. The lowest BCUT2D eigenvalue weighted by atomic mass is 9.91. The summed E-state index contributed by atoms with van der Waals surface area (Å²) < 4.78 is 7.47. The Labute approximate surface area is 169 Å². The molecule has 154 valence electrons. The van der Waals surface area contributed by atoms with E-state index < -0.39 is 11.2 Å². The summed E-state index contributed by atoms with van der Waals surface area (Å²) in [4.78, 5) is 27.5. The van der Waals surface area contributed by atoms with Crippen LogP contribution >= 0.6 is 0 Å². The first-order chi connectivity index (χ1) is 13.7. The van der Waals surface area contributed by atoms with Crippen LogP contribution in [-0.4, -0.2) is 59.9 Å². The Morgan fingerprint density at radius 1 is 1.24 bits per heavy atom. The summed E-state index contributed by atoms with van der Waals surface area (Å²) in [5.41, 5.74) is 1.77. The normalized spacial score (nSPS) is 17.1. The van der Waals surface area contributed by atoms with Crippen LogP contribution in [0.5, 0.6) is 0 Å². The largest absolute Gasteiger partial charge is 0.444 e. The summed E-state index contributed by atoms with van der Waals surface area (Å²) in [6, 6.07) is 3.77. The molecule has 1 saturated heterocycles. The SMILES string of the molecule is Cc1nc2cnc3cccnc3c2n1CC1(O)CCN(C(=O)OC(C)(C)C)CC1. The van der Waals surface area contributed by atoms with Crippen molar-refractivity contribution in [2.75, 3.05) is 13.1 Å². The van der Waals surface area contributed by atoms with Gasteiger partial charge in [0.25, 0.3) is 0 Å². The second-order valence-electron chi connectivity index (χ2n) is 8.80. The fourth-order valence-corrected chi connectivity index (χ4v) is 3.82. The summed E-state index contributed by atoms with van der Waals surface area (Å²) in [6.07, 6.45) is 4.11. The Hall–Kier alpha value is -2.74. The number of aliphatic hydroxyl groups is 1. The minimum Gasteiger partial charge on any atom is -0.444 e. The van der Waals surface area contributed by atoms with E-state index in [0.717, 1.165) is 27.9 Å². The number of carbonyl (C=O) groups is 1. The van der Waals surface area contributed by atoms with E-state index in [9.17, 15) is 9.90 Å². The first-order valence-corrected chi connectivity index (χ1v) is 9.92. The standard InChI is InChI=1S/C21H27N5O3/c1-14-24-16-12-23-15-6-5-9-22-17(15)18(16)26(14)13-21(28)7-10-25(11-8-21)19(27)29-20(2,3)4/h5-6,9,12,28H,7-8,10-11,13H2,1-4H3. The molecule has 0 saturated carbocycles. The molecule has 0 bridgehead atoms. The Morgan fingerprint density at radius 3 is 2.66 bits per heavy atom. The van der Waals surface area contributed by atoms with E-state index in [2.05, 4.69) is 15.0 Å². The van der Waals surface area contributed by atoms with Crippen molar-refractivity contribution in [3.63, 3.8) is 0 Å². The number of hydrogen-bond donors (Lipinski definition) is 1. The molecule has 0 aromatic carbocycles. The minimum atomic E-state index is -0.929. The van der Waals surface area contributed by atoms with E-state index in [1.54, 1.807) is 17.3 Å². The first-order valence-electron chi connectivity index (χ1n) is 9.92. The van der Waals surface area contributed by atoms with Gasteiger partial charge >= 0.3 is 6.09 Å². The van der Waals surface area contributed by atoms with E-state index in [4.69, 9.17) is 4.74 Å². The van der Waals surface area contributed by atoms with Gasteiger partial charge in [-0.15, -0.1) is 0 Å². The van der Waals surface area contributed by atoms with E-state index in [-0.39, 0.29) is 6.09 Å². The summed E-state index contributed by atoms with van der Waals surface area (Å²) >= 11 is 0. The molecule has 0 spiro atoms. The molecule has 29 heavy (non-hydrogen) atoms. The van der Waals surface area contributed by atoms with Crippen LogP contribution in [0.15, 0.2) is 24.5 Å². The Kier molecular flexibility index (Phi) is 4.69. The fourth-order valence-electron chi connectivity index (χ4n) is 3.82. The Morgan fingerprint density at radius 2 is 1.97 bits per heavy atom. The predicted octanol–water partition coefficient (Wildman–Crippen LogP) is 3.05. The number of aryl methyl sites for hydroxylation is 1. The molecule has 0 radical (unpaired) electrons. The van der Waals surface area contributed by atoms with Crippen LogP contribution in [0.4, 0.5) is 4.79 Å². The number of aromatic nitrogens is 4. The number of ether oxygens (including phenoxy) is 1. The molecular formula is C21H27N5O3. The fraction of sp³-hybridized carbons (Fsp3) is 0.524. The lowest BCUT2D eigenvalue weighted by Crippen LogP contribution is -2.49. The highest BCUT2D eigenvalue weighted by molar-refractivity contribution is 5.99. The maximum Gasteiger partial charge on any atom is 0.410 e. The van der Waals surface area contributed by atoms with E-state index in [1.807, 2.05) is 44.4 Å². The molecule has 0 unspecified atom stereocenters. The third-order valence-corrected chi connectivity index (χ3v) is 5.32. The monoisotopic (exact) mass is 397 g/mol. The van der Waals surface area contributed by atoms with Gasteiger partial charge in [0.05, 0.1) is 29.4 Å². The number of rotatable bonds is 2. The summed E-state index contributed by atoms with van der Waals surface area (Å²) in [5, 5.41) is 11.3. The molecule has 1 amide bonds. The van der Waals surface area contributed by atoms with Gasteiger partial charge < -0.3 is 19.3 Å². The topological polar surface area (TPSA) is 93.4 Å². The average Bonchev–Trinajstić information content (AvgIpc) is 2.96. The van der Waals surface area contributed by atoms with Crippen molar-refractivity contribution in [1.82, 2.24) is 24.4 Å². The summed E-state index contributed by atoms with van der Waals surface area (Å²) in [6.45, 7) is 8.79. The van der Waals surface area contributed by atoms with E-state index in [1.165, 1.54) is 0 Å². The third kappa shape index (κ3) is 3.89. The lowest BCUT2D eigenvalue weighted by molar-refractivity contribution is -0.0411. The minimum absolute atomic E-state index is 0.329. The van der Waals surface area contributed by atoms with Gasteiger partial charge in [-0.1, -0.05) is 0 Å². The van der Waals surface area contributed by atoms with Crippen molar-refractivity contribution in [3.05, 3.63) is 30.4 Å². The quantitative estimate of drug-likeness (QED) is 0.714. The van der Waals surface area contributed by atoms with Crippen molar-refractivity contribution in [3.8, 4) is 0 Å². The zero-order valence-corrected chi connectivity index (χ0v) is 17.3. The van der Waals surface area contributed by atoms with Gasteiger partial charge in [-0.3, -0.25) is 9.97 Å². The number of fused-ring (bicyclic) bond motifs is 3. The molecule has 1 aliphatic heterocycles. The molecule has 4 rings (SSSR count). The van der Waals surface area contributed by atoms with Gasteiger partial charge in [-0.05, 0) is 52.7 Å². The number of hydrogen-bond acceptors (Lipinski definition) is 6. The van der Waals surface area contributed by atoms with Crippen molar-refractivity contribution < 1.29 is 14.6 Å². The van der Waals surface area contributed by atoms with Gasteiger partial charge in [-0.2, -0.15) is 0 Å². The van der Waals surface area contributed by atoms with Crippen LogP contribution in [0.25, 0.3) is 22.1 Å².